The van der Waals surface area contributed by atoms with Crippen molar-refractivity contribution in [3.8, 4) is 11.5 Å². The Labute approximate surface area is 117 Å². The molecule has 6 heteroatoms. The normalized spacial score (nSPS) is 10.3. The van der Waals surface area contributed by atoms with Crippen LogP contribution in [0.2, 0.25) is 0 Å². The third-order valence-electron chi connectivity index (χ3n) is 2.61. The summed E-state index contributed by atoms with van der Waals surface area (Å²) in [6.45, 7) is 0.336. The van der Waals surface area contributed by atoms with E-state index in [0.29, 0.717) is 18.0 Å². The van der Waals surface area contributed by atoms with Gasteiger partial charge in [-0.3, -0.25) is 4.79 Å². The SMILES string of the molecule is COc1ccc(CN(C)C(=O)/C=C/C(=O)O)cc1OC. The molecule has 0 aromatic heterocycles. The minimum Gasteiger partial charge on any atom is -0.493 e. The summed E-state index contributed by atoms with van der Waals surface area (Å²) in [7, 11) is 4.67. The molecule has 0 aliphatic heterocycles. The zero-order chi connectivity index (χ0) is 15.1. The number of carboxylic acids is 1. The van der Waals surface area contributed by atoms with E-state index in [9.17, 15) is 9.59 Å². The molecule has 1 rings (SSSR count). The van der Waals surface area contributed by atoms with E-state index in [4.69, 9.17) is 14.6 Å². The van der Waals surface area contributed by atoms with Crippen molar-refractivity contribution in [1.29, 1.82) is 0 Å². The van der Waals surface area contributed by atoms with Gasteiger partial charge in [-0.2, -0.15) is 0 Å². The third kappa shape index (κ3) is 4.31. The molecule has 20 heavy (non-hydrogen) atoms. The first kappa shape index (κ1) is 15.6. The fraction of sp³-hybridized carbons (Fsp3) is 0.286. The van der Waals surface area contributed by atoms with Crippen LogP contribution in [0.4, 0.5) is 0 Å². The van der Waals surface area contributed by atoms with Crippen molar-refractivity contribution >= 4 is 11.9 Å². The van der Waals surface area contributed by atoms with Crippen molar-refractivity contribution in [2.24, 2.45) is 0 Å². The Morgan fingerprint density at radius 3 is 2.40 bits per heavy atom. The first-order valence-corrected chi connectivity index (χ1v) is 5.85. The van der Waals surface area contributed by atoms with Gasteiger partial charge in [0, 0.05) is 25.7 Å². The fourth-order valence-corrected chi connectivity index (χ4v) is 1.60. The van der Waals surface area contributed by atoms with E-state index in [1.807, 2.05) is 6.07 Å². The molecule has 0 saturated carbocycles. The molecule has 0 fully saturated rings. The summed E-state index contributed by atoms with van der Waals surface area (Å²) in [5, 5.41) is 8.47. The van der Waals surface area contributed by atoms with Crippen molar-refractivity contribution in [1.82, 2.24) is 4.90 Å². The van der Waals surface area contributed by atoms with Crippen molar-refractivity contribution in [3.63, 3.8) is 0 Å². The molecule has 1 aromatic carbocycles. The van der Waals surface area contributed by atoms with Gasteiger partial charge >= 0.3 is 5.97 Å². The first-order valence-electron chi connectivity index (χ1n) is 5.85. The molecule has 0 unspecified atom stereocenters. The van der Waals surface area contributed by atoms with Crippen LogP contribution in [0.25, 0.3) is 0 Å². The fourth-order valence-electron chi connectivity index (χ4n) is 1.60. The molecular weight excluding hydrogens is 262 g/mol. The lowest BCUT2D eigenvalue weighted by Gasteiger charge is -2.16. The van der Waals surface area contributed by atoms with Crippen molar-refractivity contribution in [2.45, 2.75) is 6.54 Å². The van der Waals surface area contributed by atoms with Gasteiger partial charge in [-0.1, -0.05) is 6.07 Å². The Morgan fingerprint density at radius 2 is 1.85 bits per heavy atom. The summed E-state index contributed by atoms with van der Waals surface area (Å²) in [4.78, 5) is 23.4. The highest BCUT2D eigenvalue weighted by atomic mass is 16.5. The van der Waals surface area contributed by atoms with Crippen LogP contribution < -0.4 is 9.47 Å². The molecular formula is C14H17NO5. The van der Waals surface area contributed by atoms with Gasteiger partial charge in [0.05, 0.1) is 14.2 Å². The maximum absolute atomic E-state index is 11.6. The molecule has 6 nitrogen and oxygen atoms in total. The average Bonchev–Trinajstić information content (AvgIpc) is 2.44. The zero-order valence-corrected chi connectivity index (χ0v) is 11.6. The van der Waals surface area contributed by atoms with Gasteiger partial charge in [0.2, 0.25) is 5.91 Å². The number of carboxylic acid groups (broad SMARTS) is 1. The molecule has 1 aromatic rings. The van der Waals surface area contributed by atoms with Crippen LogP contribution in [0.5, 0.6) is 11.5 Å². The maximum Gasteiger partial charge on any atom is 0.328 e. The molecule has 0 saturated heterocycles. The Kier molecular flexibility index (Phi) is 5.58. The van der Waals surface area contributed by atoms with Crippen LogP contribution in [0.1, 0.15) is 5.56 Å². The minimum atomic E-state index is -1.15. The topological polar surface area (TPSA) is 76.1 Å². The Bertz CT molecular complexity index is 524. The smallest absolute Gasteiger partial charge is 0.328 e. The highest BCUT2D eigenvalue weighted by Gasteiger charge is 2.09. The number of carbonyl (C=O) groups excluding carboxylic acids is 1. The second-order valence-electron chi connectivity index (χ2n) is 4.06. The highest BCUT2D eigenvalue weighted by Crippen LogP contribution is 2.27. The molecule has 0 aliphatic carbocycles. The Hall–Kier alpha value is -2.50. The van der Waals surface area contributed by atoms with E-state index < -0.39 is 5.97 Å². The van der Waals surface area contributed by atoms with E-state index in [1.54, 1.807) is 26.3 Å². The molecule has 0 heterocycles. The van der Waals surface area contributed by atoms with Crippen LogP contribution in [0.15, 0.2) is 30.4 Å². The number of amides is 1. The molecule has 0 aliphatic rings. The predicted octanol–water partition coefficient (Wildman–Crippen LogP) is 1.30. The number of carbonyl (C=O) groups is 2. The van der Waals surface area contributed by atoms with Crippen LogP contribution in [-0.2, 0) is 16.1 Å². The summed E-state index contributed by atoms with van der Waals surface area (Å²) < 4.78 is 10.3. The molecule has 0 bridgehead atoms. The van der Waals surface area contributed by atoms with Crippen LogP contribution in [0.3, 0.4) is 0 Å². The molecule has 1 amide bonds. The van der Waals surface area contributed by atoms with Crippen LogP contribution in [-0.4, -0.2) is 43.2 Å². The van der Waals surface area contributed by atoms with Gasteiger partial charge in [-0.15, -0.1) is 0 Å². The number of nitrogens with zero attached hydrogens (tertiary/aromatic N) is 1. The quantitative estimate of drug-likeness (QED) is 0.794. The molecule has 1 N–H and O–H groups in total. The van der Waals surface area contributed by atoms with E-state index >= 15 is 0 Å². The number of rotatable bonds is 6. The number of aliphatic carboxylic acids is 1. The van der Waals surface area contributed by atoms with E-state index in [1.165, 1.54) is 12.0 Å². The second kappa shape index (κ2) is 7.18. The van der Waals surface area contributed by atoms with E-state index in [-0.39, 0.29) is 5.91 Å². The summed E-state index contributed by atoms with van der Waals surface area (Å²) in [5.41, 5.74) is 0.849. The predicted molar refractivity (Wildman–Crippen MR) is 72.8 cm³/mol. The standard InChI is InChI=1S/C14H17NO5/c1-15(13(16)6-7-14(17)18)9-10-4-5-11(19-2)12(8-10)20-3/h4-8H,9H2,1-3H3,(H,17,18)/b7-6+. The molecule has 0 spiro atoms. The second-order valence-corrected chi connectivity index (χ2v) is 4.06. The zero-order valence-electron chi connectivity index (χ0n) is 11.6. The summed E-state index contributed by atoms with van der Waals surface area (Å²) in [5.74, 6) is -0.358. The highest BCUT2D eigenvalue weighted by molar-refractivity contribution is 5.93. The maximum atomic E-state index is 11.6. The lowest BCUT2D eigenvalue weighted by molar-refractivity contribution is -0.132. The number of likely N-dealkylation sites (N-methyl/N-ethyl adjacent to an activating group) is 1. The van der Waals surface area contributed by atoms with Gasteiger partial charge in [-0.05, 0) is 17.7 Å². The summed E-state index contributed by atoms with van der Waals surface area (Å²) in [6.07, 6.45) is 1.83. The van der Waals surface area contributed by atoms with Gasteiger partial charge < -0.3 is 19.5 Å². The molecule has 108 valence electrons. The van der Waals surface area contributed by atoms with E-state index in [2.05, 4.69) is 0 Å². The summed E-state index contributed by atoms with van der Waals surface area (Å²) >= 11 is 0. The van der Waals surface area contributed by atoms with Crippen LogP contribution >= 0.6 is 0 Å². The minimum absolute atomic E-state index is 0.336. The van der Waals surface area contributed by atoms with Gasteiger partial charge in [0.1, 0.15) is 0 Å². The van der Waals surface area contributed by atoms with E-state index in [0.717, 1.165) is 17.7 Å². The number of ether oxygens (including phenoxy) is 2. The van der Waals surface area contributed by atoms with Gasteiger partial charge in [0.15, 0.2) is 11.5 Å². The number of methoxy groups -OCH3 is 2. The monoisotopic (exact) mass is 279 g/mol. The lowest BCUT2D eigenvalue weighted by Crippen LogP contribution is -2.24. The van der Waals surface area contributed by atoms with Gasteiger partial charge in [-0.25, -0.2) is 4.79 Å². The Balaban J connectivity index is 2.77. The number of hydrogen-bond donors (Lipinski definition) is 1. The molecule has 0 radical (unpaired) electrons. The van der Waals surface area contributed by atoms with Gasteiger partial charge in [0.25, 0.3) is 0 Å². The number of hydrogen-bond acceptors (Lipinski definition) is 4. The summed E-state index contributed by atoms with van der Waals surface area (Å²) in [6, 6.07) is 5.33. The largest absolute Gasteiger partial charge is 0.493 e. The first-order chi connectivity index (χ1) is 9.47. The van der Waals surface area contributed by atoms with Crippen LogP contribution in [0, 0.1) is 0 Å². The molecule has 0 atom stereocenters. The average molecular weight is 279 g/mol. The number of benzene rings is 1. The van der Waals surface area contributed by atoms with Crippen molar-refractivity contribution < 1.29 is 24.2 Å². The Morgan fingerprint density at radius 1 is 1.20 bits per heavy atom. The van der Waals surface area contributed by atoms with Crippen molar-refractivity contribution in [3.05, 3.63) is 35.9 Å². The third-order valence-corrected chi connectivity index (χ3v) is 2.61. The van der Waals surface area contributed by atoms with Crippen molar-refractivity contribution in [2.75, 3.05) is 21.3 Å². The lowest BCUT2D eigenvalue weighted by atomic mass is 10.2.